The molecule has 4 N–H and O–H groups in total. The van der Waals surface area contributed by atoms with Crippen LogP contribution in [-0.2, 0) is 6.42 Å². The summed E-state index contributed by atoms with van der Waals surface area (Å²) in [5, 5.41) is 17.9. The van der Waals surface area contributed by atoms with Gasteiger partial charge in [-0.25, -0.2) is 0 Å². The van der Waals surface area contributed by atoms with Crippen molar-refractivity contribution in [2.45, 2.75) is 18.4 Å². The molecule has 1 aromatic rings. The van der Waals surface area contributed by atoms with Gasteiger partial charge in [-0.3, -0.25) is 0 Å². The summed E-state index contributed by atoms with van der Waals surface area (Å²) in [6.45, 7) is -0.384. The van der Waals surface area contributed by atoms with Gasteiger partial charge >= 0.3 is 0 Å². The van der Waals surface area contributed by atoms with Crippen molar-refractivity contribution in [2.24, 2.45) is 5.73 Å². The molecule has 0 heterocycles. The molecule has 0 amide bonds. The lowest BCUT2D eigenvalue weighted by Crippen LogP contribution is -2.47. The van der Waals surface area contributed by atoms with Crippen LogP contribution in [0.4, 0.5) is 0 Å². The van der Waals surface area contributed by atoms with Crippen molar-refractivity contribution in [3.8, 4) is 0 Å². The fourth-order valence-corrected chi connectivity index (χ4v) is 1.19. The predicted molar refractivity (Wildman–Crippen MR) is 54.7 cm³/mol. The fraction of sp³-hybridized carbons (Fsp3) is 0.455. The molecule has 0 fully saturated rings. The third-order valence-corrected chi connectivity index (χ3v) is 2.33. The van der Waals surface area contributed by atoms with E-state index in [4.69, 9.17) is 15.9 Å². The van der Waals surface area contributed by atoms with Gasteiger partial charge in [0.05, 0.1) is 18.8 Å². The van der Waals surface area contributed by atoms with Gasteiger partial charge in [0.2, 0.25) is 0 Å². The van der Waals surface area contributed by atoms with Gasteiger partial charge in [-0.15, -0.1) is 0 Å². The van der Waals surface area contributed by atoms with Gasteiger partial charge in [0.15, 0.2) is 0 Å². The van der Waals surface area contributed by atoms with Gasteiger partial charge in [-0.1, -0.05) is 24.3 Å². The average molecular weight is 194 g/mol. The van der Waals surface area contributed by atoms with Gasteiger partial charge in [0, 0.05) is 0 Å². The van der Waals surface area contributed by atoms with Crippen molar-refractivity contribution in [3.63, 3.8) is 0 Å². The standard InChI is InChI=1S/C11H16NO2/c12-11(8-13,9-14)7-6-10-4-2-1-3-5-10/h2-5,13-14H,6-9,12H2. The number of hydrogen-bond acceptors (Lipinski definition) is 3. The summed E-state index contributed by atoms with van der Waals surface area (Å²) in [5.41, 5.74) is 6.01. The summed E-state index contributed by atoms with van der Waals surface area (Å²) < 4.78 is 0. The molecule has 3 nitrogen and oxygen atoms in total. The lowest BCUT2D eigenvalue weighted by atomic mass is 9.94. The zero-order valence-corrected chi connectivity index (χ0v) is 8.11. The van der Waals surface area contributed by atoms with Crippen molar-refractivity contribution in [3.05, 3.63) is 35.9 Å². The predicted octanol–water partition coefficient (Wildman–Crippen LogP) is 0.101. The third-order valence-electron chi connectivity index (χ3n) is 2.33. The van der Waals surface area contributed by atoms with Crippen LogP contribution in [0.15, 0.2) is 24.3 Å². The van der Waals surface area contributed by atoms with Crippen molar-refractivity contribution >= 4 is 0 Å². The molecular formula is C11H16NO2. The SMILES string of the molecule is NC(CO)(CO)CCc1cc[c]cc1. The van der Waals surface area contributed by atoms with Gasteiger partial charge in [-0.05, 0) is 24.5 Å². The average Bonchev–Trinajstić information content (AvgIpc) is 2.27. The normalized spacial score (nSPS) is 11.6. The molecule has 0 spiro atoms. The van der Waals surface area contributed by atoms with Crippen molar-refractivity contribution in [2.75, 3.05) is 13.2 Å². The van der Waals surface area contributed by atoms with Crippen molar-refractivity contribution in [1.29, 1.82) is 0 Å². The minimum atomic E-state index is -0.862. The molecule has 0 saturated carbocycles. The molecule has 0 aliphatic rings. The van der Waals surface area contributed by atoms with Crippen LogP contribution in [-0.4, -0.2) is 29.0 Å². The highest BCUT2D eigenvalue weighted by Gasteiger charge is 2.22. The largest absolute Gasteiger partial charge is 0.394 e. The lowest BCUT2D eigenvalue weighted by molar-refractivity contribution is 0.115. The van der Waals surface area contributed by atoms with E-state index in [9.17, 15) is 0 Å². The van der Waals surface area contributed by atoms with E-state index in [2.05, 4.69) is 6.07 Å². The Balaban J connectivity index is 2.48. The van der Waals surface area contributed by atoms with Crippen LogP contribution in [0.3, 0.4) is 0 Å². The van der Waals surface area contributed by atoms with E-state index in [1.807, 2.05) is 24.3 Å². The first kappa shape index (κ1) is 11.2. The minimum absolute atomic E-state index is 0.192. The zero-order valence-electron chi connectivity index (χ0n) is 8.11. The van der Waals surface area contributed by atoms with Gasteiger partial charge in [0.25, 0.3) is 0 Å². The number of aliphatic hydroxyl groups is 2. The van der Waals surface area contributed by atoms with Gasteiger partial charge in [0.1, 0.15) is 0 Å². The Kier molecular flexibility index (Phi) is 4.07. The lowest BCUT2D eigenvalue weighted by Gasteiger charge is -2.24. The molecule has 0 aromatic heterocycles. The second kappa shape index (κ2) is 5.10. The topological polar surface area (TPSA) is 66.5 Å². The molecule has 0 aliphatic heterocycles. The molecule has 0 aliphatic carbocycles. The molecule has 1 rings (SSSR count). The molecule has 0 bridgehead atoms. The highest BCUT2D eigenvalue weighted by molar-refractivity contribution is 5.14. The number of aryl methyl sites for hydroxylation is 1. The Morgan fingerprint density at radius 2 is 1.79 bits per heavy atom. The Hall–Kier alpha value is -0.900. The van der Waals surface area contributed by atoms with Crippen LogP contribution in [0.25, 0.3) is 0 Å². The Labute approximate surface area is 84.2 Å². The Bertz CT molecular complexity index is 257. The molecule has 0 atom stereocenters. The Morgan fingerprint density at radius 3 is 2.29 bits per heavy atom. The summed E-state index contributed by atoms with van der Waals surface area (Å²) in [7, 11) is 0. The van der Waals surface area contributed by atoms with Gasteiger partial charge < -0.3 is 15.9 Å². The molecule has 77 valence electrons. The summed E-state index contributed by atoms with van der Waals surface area (Å²) >= 11 is 0. The smallest absolute Gasteiger partial charge is 0.0633 e. The summed E-state index contributed by atoms with van der Waals surface area (Å²) in [5.74, 6) is 0. The second-order valence-corrected chi connectivity index (χ2v) is 3.59. The molecule has 1 aromatic carbocycles. The van der Waals surface area contributed by atoms with Crippen LogP contribution in [0.2, 0.25) is 0 Å². The van der Waals surface area contributed by atoms with E-state index in [1.165, 1.54) is 0 Å². The van der Waals surface area contributed by atoms with Crippen LogP contribution in [0.1, 0.15) is 12.0 Å². The number of benzene rings is 1. The first-order valence-corrected chi connectivity index (χ1v) is 4.66. The van der Waals surface area contributed by atoms with Crippen LogP contribution in [0.5, 0.6) is 0 Å². The summed E-state index contributed by atoms with van der Waals surface area (Å²) in [6, 6.07) is 10.5. The number of nitrogens with two attached hydrogens (primary N) is 1. The molecule has 1 radical (unpaired) electrons. The monoisotopic (exact) mass is 194 g/mol. The van der Waals surface area contributed by atoms with Gasteiger partial charge in [-0.2, -0.15) is 0 Å². The maximum Gasteiger partial charge on any atom is 0.0633 e. The molecule has 14 heavy (non-hydrogen) atoms. The number of rotatable bonds is 5. The molecule has 0 saturated heterocycles. The maximum absolute atomic E-state index is 8.97. The Morgan fingerprint density at radius 1 is 1.21 bits per heavy atom. The van der Waals surface area contributed by atoms with E-state index < -0.39 is 5.54 Å². The molecule has 0 unspecified atom stereocenters. The van der Waals surface area contributed by atoms with E-state index in [1.54, 1.807) is 0 Å². The zero-order chi connectivity index (χ0) is 10.4. The maximum atomic E-state index is 8.97. The minimum Gasteiger partial charge on any atom is -0.394 e. The van der Waals surface area contributed by atoms with E-state index in [0.717, 1.165) is 12.0 Å². The van der Waals surface area contributed by atoms with Crippen LogP contribution < -0.4 is 5.73 Å². The first-order chi connectivity index (χ1) is 6.70. The highest BCUT2D eigenvalue weighted by Crippen LogP contribution is 2.10. The van der Waals surface area contributed by atoms with E-state index in [0.29, 0.717) is 6.42 Å². The van der Waals surface area contributed by atoms with E-state index >= 15 is 0 Å². The second-order valence-electron chi connectivity index (χ2n) is 3.59. The van der Waals surface area contributed by atoms with Crippen molar-refractivity contribution in [1.82, 2.24) is 0 Å². The van der Waals surface area contributed by atoms with Crippen LogP contribution in [0, 0.1) is 6.07 Å². The number of aliphatic hydroxyl groups excluding tert-OH is 2. The van der Waals surface area contributed by atoms with E-state index in [-0.39, 0.29) is 13.2 Å². The quantitative estimate of drug-likeness (QED) is 0.623. The molecule has 3 heteroatoms. The molecular weight excluding hydrogens is 178 g/mol. The highest BCUT2D eigenvalue weighted by atomic mass is 16.3. The third kappa shape index (κ3) is 3.10. The number of hydrogen-bond donors (Lipinski definition) is 3. The van der Waals surface area contributed by atoms with Crippen molar-refractivity contribution < 1.29 is 10.2 Å². The first-order valence-electron chi connectivity index (χ1n) is 4.66. The summed E-state index contributed by atoms with van der Waals surface area (Å²) in [6.07, 6.45) is 1.33. The summed E-state index contributed by atoms with van der Waals surface area (Å²) in [4.78, 5) is 0. The van der Waals surface area contributed by atoms with Crippen LogP contribution >= 0.6 is 0 Å². The fourth-order valence-electron chi connectivity index (χ4n) is 1.19.